The predicted octanol–water partition coefficient (Wildman–Crippen LogP) is 7.26. The van der Waals surface area contributed by atoms with Gasteiger partial charge in [0.25, 0.3) is 0 Å². The fourth-order valence-corrected chi connectivity index (χ4v) is 8.56. The van der Waals surface area contributed by atoms with Gasteiger partial charge in [0.05, 0.1) is 43.4 Å². The molecule has 2 atom stereocenters. The molecule has 0 spiro atoms. The van der Waals surface area contributed by atoms with Crippen LogP contribution in [0.1, 0.15) is 89.4 Å². The molecule has 0 aromatic carbocycles. The van der Waals surface area contributed by atoms with Gasteiger partial charge in [-0.3, -0.25) is 9.69 Å². The molecule has 12 nitrogen and oxygen atoms in total. The SMILES string of the molecule is CCOC(=O)CCN1[C@H](C)CN(c2cnc(-c3nc4nc(-c5cc(C6CC6)nc(C(F)(F)F)c5)cc(N(C)CC5(COC)CCCCC5)c4[nH]3)cn2)C[C@@H]1C. The van der Waals surface area contributed by atoms with Crippen molar-refractivity contribution < 1.29 is 27.4 Å². The number of aromatic nitrogens is 6. The van der Waals surface area contributed by atoms with E-state index in [9.17, 15) is 18.0 Å². The summed E-state index contributed by atoms with van der Waals surface area (Å²) in [6.45, 7) is 9.91. The van der Waals surface area contributed by atoms with Crippen LogP contribution in [-0.4, -0.2) is 106 Å². The van der Waals surface area contributed by atoms with Gasteiger partial charge in [0, 0.05) is 75.0 Å². The predicted molar refractivity (Wildman–Crippen MR) is 205 cm³/mol. The first-order chi connectivity index (χ1) is 26.4. The number of H-pyrrole nitrogens is 1. The van der Waals surface area contributed by atoms with Crippen molar-refractivity contribution in [3.63, 3.8) is 0 Å². The summed E-state index contributed by atoms with van der Waals surface area (Å²) in [7, 11) is 3.75. The molecular formula is C40H52F3N9O3. The third-order valence-corrected chi connectivity index (χ3v) is 11.4. The number of piperazine rings is 1. The molecule has 0 bridgehead atoms. The van der Waals surface area contributed by atoms with E-state index in [1.54, 1.807) is 25.6 Å². The molecule has 15 heteroatoms. The topological polar surface area (TPSA) is 125 Å². The molecule has 1 saturated heterocycles. The van der Waals surface area contributed by atoms with E-state index in [0.29, 0.717) is 72.4 Å². The number of imidazole rings is 1. The maximum atomic E-state index is 14.1. The van der Waals surface area contributed by atoms with Gasteiger partial charge < -0.3 is 24.3 Å². The van der Waals surface area contributed by atoms with Crippen molar-refractivity contribution >= 4 is 28.6 Å². The van der Waals surface area contributed by atoms with E-state index in [0.717, 1.165) is 69.2 Å². The second kappa shape index (κ2) is 16.0. The van der Waals surface area contributed by atoms with Gasteiger partial charge in [0.15, 0.2) is 11.5 Å². The average Bonchev–Trinajstić information content (AvgIpc) is 3.92. The standard InChI is InChI=1S/C40H52F3N9O3/c1-6-55-35(53)12-15-52-25(2)21-51(22-26(52)3)34-20-44-31(19-45-34)37-48-36-32(50(4)23-39(24-54-5)13-8-7-9-14-39)18-30(47-38(36)49-37)28-16-29(27-10-11-27)46-33(17-28)40(41,42)43/h16-20,25-27H,6-15,21-24H2,1-5H3,(H,47,48,49)/t25-,26+. The Kier molecular flexibility index (Phi) is 11.3. The molecule has 4 aromatic rings. The average molecular weight is 764 g/mol. The summed E-state index contributed by atoms with van der Waals surface area (Å²) in [6, 6.07) is 5.09. The highest BCUT2D eigenvalue weighted by atomic mass is 19.4. The number of hydrogen-bond acceptors (Lipinski definition) is 11. The van der Waals surface area contributed by atoms with Crippen LogP contribution in [0.4, 0.5) is 24.7 Å². The molecule has 296 valence electrons. The first-order valence-electron chi connectivity index (χ1n) is 19.6. The summed E-state index contributed by atoms with van der Waals surface area (Å²) in [5.41, 5.74) is 2.60. The Balaban J connectivity index is 1.20. The van der Waals surface area contributed by atoms with E-state index in [-0.39, 0.29) is 29.4 Å². The molecule has 4 aromatic heterocycles. The number of methoxy groups -OCH3 is 1. The first kappa shape index (κ1) is 38.9. The molecule has 1 N–H and O–H groups in total. The zero-order valence-electron chi connectivity index (χ0n) is 32.5. The zero-order valence-corrected chi connectivity index (χ0v) is 32.5. The van der Waals surface area contributed by atoms with Crippen LogP contribution in [0.3, 0.4) is 0 Å². The minimum atomic E-state index is -4.59. The Morgan fingerprint density at radius 3 is 2.38 bits per heavy atom. The van der Waals surface area contributed by atoms with Crippen molar-refractivity contribution in [2.24, 2.45) is 5.41 Å². The number of nitrogens with one attached hydrogen (secondary N) is 1. The lowest BCUT2D eigenvalue weighted by Crippen LogP contribution is -2.57. The molecule has 5 heterocycles. The van der Waals surface area contributed by atoms with Gasteiger partial charge in [0.1, 0.15) is 22.7 Å². The smallest absolute Gasteiger partial charge is 0.433 e. The van der Waals surface area contributed by atoms with E-state index in [1.165, 1.54) is 6.42 Å². The Labute approximate surface area is 320 Å². The quantitative estimate of drug-likeness (QED) is 0.138. The monoisotopic (exact) mass is 763 g/mol. The van der Waals surface area contributed by atoms with Crippen molar-refractivity contribution in [3.05, 3.63) is 42.0 Å². The molecule has 3 aliphatic rings. The van der Waals surface area contributed by atoms with Crippen LogP contribution in [0.2, 0.25) is 0 Å². The number of hydrogen-bond donors (Lipinski definition) is 1. The van der Waals surface area contributed by atoms with Crippen molar-refractivity contribution in [2.75, 3.05) is 63.4 Å². The van der Waals surface area contributed by atoms with Crippen LogP contribution in [0, 0.1) is 5.41 Å². The molecule has 7 rings (SSSR count). The number of aromatic amines is 1. The summed E-state index contributed by atoms with van der Waals surface area (Å²) >= 11 is 0. The third kappa shape index (κ3) is 8.72. The van der Waals surface area contributed by atoms with Gasteiger partial charge in [-0.15, -0.1) is 0 Å². The minimum absolute atomic E-state index is 0.0253. The van der Waals surface area contributed by atoms with Crippen LogP contribution in [-0.2, 0) is 20.4 Å². The number of nitrogens with zero attached hydrogens (tertiary/aromatic N) is 8. The maximum absolute atomic E-state index is 14.1. The summed E-state index contributed by atoms with van der Waals surface area (Å²) in [6.07, 6.45) is 6.37. The summed E-state index contributed by atoms with van der Waals surface area (Å²) < 4.78 is 53.2. The number of carbonyl (C=O) groups is 1. The number of rotatable bonds is 13. The lowest BCUT2D eigenvalue weighted by Gasteiger charge is -2.44. The Bertz CT molecular complexity index is 1940. The third-order valence-electron chi connectivity index (χ3n) is 11.4. The lowest BCUT2D eigenvalue weighted by atomic mass is 9.74. The number of fused-ring (bicyclic) bond motifs is 1. The molecule has 1 aliphatic heterocycles. The second-order valence-corrected chi connectivity index (χ2v) is 15.8. The van der Waals surface area contributed by atoms with Gasteiger partial charge in [-0.05, 0) is 64.7 Å². The van der Waals surface area contributed by atoms with Crippen molar-refractivity contribution in [3.8, 4) is 22.8 Å². The zero-order chi connectivity index (χ0) is 38.9. The number of esters is 1. The Hall–Kier alpha value is -4.37. The number of carbonyl (C=O) groups excluding carboxylic acids is 1. The molecule has 55 heavy (non-hydrogen) atoms. The molecule has 2 aliphatic carbocycles. The molecule has 0 amide bonds. The Morgan fingerprint density at radius 1 is 1.00 bits per heavy atom. The van der Waals surface area contributed by atoms with Crippen LogP contribution >= 0.6 is 0 Å². The van der Waals surface area contributed by atoms with Crippen LogP contribution in [0.5, 0.6) is 0 Å². The molecule has 0 unspecified atom stereocenters. The maximum Gasteiger partial charge on any atom is 0.433 e. The van der Waals surface area contributed by atoms with E-state index < -0.39 is 11.9 Å². The summed E-state index contributed by atoms with van der Waals surface area (Å²) in [5.74, 6) is 1.05. The number of ether oxygens (including phenoxy) is 2. The van der Waals surface area contributed by atoms with Gasteiger partial charge in [-0.25, -0.2) is 24.9 Å². The van der Waals surface area contributed by atoms with Crippen LogP contribution in [0.15, 0.2) is 30.6 Å². The van der Waals surface area contributed by atoms with Crippen molar-refractivity contribution in [2.45, 2.75) is 96.3 Å². The van der Waals surface area contributed by atoms with Crippen molar-refractivity contribution in [1.82, 2.24) is 34.8 Å². The van der Waals surface area contributed by atoms with E-state index in [4.69, 9.17) is 29.4 Å². The van der Waals surface area contributed by atoms with Gasteiger partial charge >= 0.3 is 12.1 Å². The fraction of sp³-hybridized carbons (Fsp3) is 0.600. The lowest BCUT2D eigenvalue weighted by molar-refractivity contribution is -0.144. The molecule has 0 radical (unpaired) electrons. The summed E-state index contributed by atoms with van der Waals surface area (Å²) in [4.78, 5) is 45.4. The molecular weight excluding hydrogens is 711 g/mol. The second-order valence-electron chi connectivity index (χ2n) is 15.8. The van der Waals surface area contributed by atoms with E-state index in [2.05, 4.69) is 38.5 Å². The Morgan fingerprint density at radius 2 is 1.75 bits per heavy atom. The minimum Gasteiger partial charge on any atom is -0.466 e. The van der Waals surface area contributed by atoms with Gasteiger partial charge in [-0.1, -0.05) is 19.3 Å². The van der Waals surface area contributed by atoms with Crippen LogP contribution in [0.25, 0.3) is 33.9 Å². The highest BCUT2D eigenvalue weighted by Crippen LogP contribution is 2.43. The molecule has 3 fully saturated rings. The fourth-order valence-electron chi connectivity index (χ4n) is 8.56. The van der Waals surface area contributed by atoms with E-state index in [1.807, 2.05) is 20.0 Å². The normalized spacial score (nSPS) is 20.5. The number of pyridine rings is 2. The van der Waals surface area contributed by atoms with Gasteiger partial charge in [0.2, 0.25) is 0 Å². The first-order valence-corrected chi connectivity index (χ1v) is 19.6. The summed E-state index contributed by atoms with van der Waals surface area (Å²) in [5, 5.41) is 0. The van der Waals surface area contributed by atoms with E-state index >= 15 is 0 Å². The molecule has 2 saturated carbocycles. The highest BCUT2D eigenvalue weighted by molar-refractivity contribution is 5.91. The number of alkyl halides is 3. The number of anilines is 2. The number of halogens is 3. The van der Waals surface area contributed by atoms with Crippen molar-refractivity contribution in [1.29, 1.82) is 0 Å². The van der Waals surface area contributed by atoms with Gasteiger partial charge in [-0.2, -0.15) is 13.2 Å². The largest absolute Gasteiger partial charge is 0.466 e. The van der Waals surface area contributed by atoms with Crippen LogP contribution < -0.4 is 9.80 Å². The highest BCUT2D eigenvalue weighted by Gasteiger charge is 2.37.